The van der Waals surface area contributed by atoms with E-state index in [9.17, 15) is 4.79 Å². The summed E-state index contributed by atoms with van der Waals surface area (Å²) in [6.45, 7) is 10.1. The summed E-state index contributed by atoms with van der Waals surface area (Å²) in [5.41, 5.74) is 0.481. The second-order valence-electron chi connectivity index (χ2n) is 7.15. The van der Waals surface area contributed by atoms with Crippen LogP contribution in [0.5, 0.6) is 0 Å². The van der Waals surface area contributed by atoms with Crippen molar-refractivity contribution in [2.75, 3.05) is 68.7 Å². The van der Waals surface area contributed by atoms with Crippen LogP contribution in [-0.2, 0) is 0 Å². The molecule has 0 unspecified atom stereocenters. The number of aromatic nitrogens is 3. The van der Waals surface area contributed by atoms with Crippen molar-refractivity contribution in [3.8, 4) is 0 Å². The van der Waals surface area contributed by atoms with Gasteiger partial charge < -0.3 is 19.6 Å². The molecule has 0 N–H and O–H groups in total. The number of nitrogens with zero attached hydrogens (tertiary/aromatic N) is 7. The third kappa shape index (κ3) is 4.06. The van der Waals surface area contributed by atoms with Crippen LogP contribution < -0.4 is 9.80 Å². The van der Waals surface area contributed by atoms with E-state index in [0.29, 0.717) is 18.8 Å². The third-order valence-corrected chi connectivity index (χ3v) is 5.56. The van der Waals surface area contributed by atoms with Gasteiger partial charge in [0.05, 0.1) is 0 Å². The zero-order valence-electron chi connectivity index (χ0n) is 16.4. The summed E-state index contributed by atoms with van der Waals surface area (Å²) < 4.78 is 0. The van der Waals surface area contributed by atoms with Crippen molar-refractivity contribution in [3.63, 3.8) is 0 Å². The summed E-state index contributed by atoms with van der Waals surface area (Å²) in [4.78, 5) is 34.8. The number of amides is 1. The minimum atomic E-state index is -0.0171. The molecule has 2 saturated heterocycles. The highest BCUT2D eigenvalue weighted by molar-refractivity contribution is 5.93. The van der Waals surface area contributed by atoms with Crippen LogP contribution in [0, 0.1) is 0 Å². The number of anilines is 2. The van der Waals surface area contributed by atoms with Crippen LogP contribution in [0.4, 0.5) is 11.6 Å². The molecule has 1 amide bonds. The van der Waals surface area contributed by atoms with Crippen molar-refractivity contribution in [2.24, 2.45) is 0 Å². The number of hydrogen-bond acceptors (Lipinski definition) is 7. The molecule has 0 aliphatic carbocycles. The van der Waals surface area contributed by atoms with Gasteiger partial charge in [-0.05, 0) is 18.7 Å². The van der Waals surface area contributed by atoms with Gasteiger partial charge in [0, 0.05) is 64.6 Å². The normalized spacial score (nSPS) is 18.4. The zero-order valence-corrected chi connectivity index (χ0v) is 16.4. The number of piperazine rings is 2. The molecule has 8 heteroatoms. The topological polar surface area (TPSA) is 68.7 Å². The number of likely N-dealkylation sites (N-methyl/N-ethyl adjacent to an activating group) is 1. The predicted molar refractivity (Wildman–Crippen MR) is 109 cm³/mol. The van der Waals surface area contributed by atoms with Crippen LogP contribution >= 0.6 is 0 Å². The lowest BCUT2D eigenvalue weighted by Crippen LogP contribution is -2.49. The number of hydrogen-bond donors (Lipinski definition) is 0. The molecule has 0 aromatic carbocycles. The monoisotopic (exact) mass is 381 g/mol. The quantitative estimate of drug-likeness (QED) is 0.782. The average molecular weight is 381 g/mol. The Morgan fingerprint density at radius 1 is 0.893 bits per heavy atom. The Morgan fingerprint density at radius 3 is 2.29 bits per heavy atom. The summed E-state index contributed by atoms with van der Waals surface area (Å²) in [5, 5.41) is 0. The lowest BCUT2D eigenvalue weighted by Gasteiger charge is -2.36. The number of carbonyl (C=O) groups is 1. The fourth-order valence-electron chi connectivity index (χ4n) is 3.77. The van der Waals surface area contributed by atoms with Gasteiger partial charge in [-0.15, -0.1) is 0 Å². The van der Waals surface area contributed by atoms with Gasteiger partial charge in [-0.25, -0.2) is 15.0 Å². The van der Waals surface area contributed by atoms with E-state index in [1.165, 1.54) is 6.33 Å². The van der Waals surface area contributed by atoms with E-state index in [2.05, 4.69) is 36.6 Å². The van der Waals surface area contributed by atoms with Gasteiger partial charge in [-0.2, -0.15) is 0 Å². The van der Waals surface area contributed by atoms with Crippen molar-refractivity contribution in [3.05, 3.63) is 42.5 Å². The summed E-state index contributed by atoms with van der Waals surface area (Å²) in [6, 6.07) is 7.75. The molecule has 28 heavy (non-hydrogen) atoms. The minimum Gasteiger partial charge on any atom is -0.354 e. The Labute approximate surface area is 165 Å². The van der Waals surface area contributed by atoms with Crippen molar-refractivity contribution in [2.45, 2.75) is 6.92 Å². The van der Waals surface area contributed by atoms with Gasteiger partial charge in [0.25, 0.3) is 5.91 Å². The molecule has 8 nitrogen and oxygen atoms in total. The van der Waals surface area contributed by atoms with Crippen LogP contribution in [0.25, 0.3) is 0 Å². The highest BCUT2D eigenvalue weighted by atomic mass is 16.2. The molecule has 4 rings (SSSR count). The first-order valence-corrected chi connectivity index (χ1v) is 9.99. The van der Waals surface area contributed by atoms with Crippen molar-refractivity contribution in [1.82, 2.24) is 24.8 Å². The second-order valence-corrected chi connectivity index (χ2v) is 7.15. The number of rotatable bonds is 4. The molecule has 4 heterocycles. The largest absolute Gasteiger partial charge is 0.354 e. The molecule has 0 radical (unpaired) electrons. The van der Waals surface area contributed by atoms with Crippen molar-refractivity contribution >= 4 is 17.5 Å². The Kier molecular flexibility index (Phi) is 5.66. The first kappa shape index (κ1) is 18.6. The van der Waals surface area contributed by atoms with Crippen molar-refractivity contribution in [1.29, 1.82) is 0 Å². The molecule has 0 spiro atoms. The van der Waals surface area contributed by atoms with Gasteiger partial charge in [-0.3, -0.25) is 4.79 Å². The maximum atomic E-state index is 13.0. The molecule has 0 bridgehead atoms. The van der Waals surface area contributed by atoms with Gasteiger partial charge in [-0.1, -0.05) is 13.0 Å². The van der Waals surface area contributed by atoms with E-state index in [-0.39, 0.29) is 5.91 Å². The van der Waals surface area contributed by atoms with Crippen LogP contribution in [-0.4, -0.2) is 89.6 Å². The third-order valence-electron chi connectivity index (χ3n) is 5.56. The standard InChI is InChI=1S/C20H27N7O/c1-2-24-7-9-26(10-8-24)19-15-17(22-16-23-19)20(28)27-13-11-25(12-14-27)18-5-3-4-6-21-18/h3-6,15-16H,2,7-14H2,1H3. The maximum Gasteiger partial charge on any atom is 0.272 e. The molecular weight excluding hydrogens is 354 g/mol. The van der Waals surface area contributed by atoms with E-state index in [0.717, 1.165) is 57.4 Å². The molecule has 0 saturated carbocycles. The van der Waals surface area contributed by atoms with E-state index >= 15 is 0 Å². The first-order chi connectivity index (χ1) is 13.7. The van der Waals surface area contributed by atoms with E-state index < -0.39 is 0 Å². The average Bonchev–Trinajstić information content (AvgIpc) is 2.79. The Hall–Kier alpha value is -2.74. The Morgan fingerprint density at radius 2 is 1.61 bits per heavy atom. The van der Waals surface area contributed by atoms with Gasteiger partial charge >= 0.3 is 0 Å². The zero-order chi connectivity index (χ0) is 19.3. The highest BCUT2D eigenvalue weighted by Crippen LogP contribution is 2.17. The summed E-state index contributed by atoms with van der Waals surface area (Å²) in [6.07, 6.45) is 3.31. The molecule has 2 aromatic rings. The fraction of sp³-hybridized carbons (Fsp3) is 0.500. The SMILES string of the molecule is CCN1CCN(c2cc(C(=O)N3CCN(c4ccccn4)CC3)ncn2)CC1. The highest BCUT2D eigenvalue weighted by Gasteiger charge is 2.25. The maximum absolute atomic E-state index is 13.0. The fourth-order valence-corrected chi connectivity index (χ4v) is 3.77. The molecule has 2 aromatic heterocycles. The molecule has 0 atom stereocenters. The predicted octanol–water partition coefficient (Wildman–Crippen LogP) is 0.976. The molecule has 2 aliphatic heterocycles. The van der Waals surface area contributed by atoms with Gasteiger partial charge in [0.15, 0.2) is 0 Å². The lowest BCUT2D eigenvalue weighted by molar-refractivity contribution is 0.0740. The Balaban J connectivity index is 1.38. The number of pyridine rings is 1. The van der Waals surface area contributed by atoms with Gasteiger partial charge in [0.1, 0.15) is 23.7 Å². The van der Waals surface area contributed by atoms with E-state index in [1.54, 1.807) is 6.20 Å². The minimum absolute atomic E-state index is 0.0171. The summed E-state index contributed by atoms with van der Waals surface area (Å²) in [5.74, 6) is 1.79. The van der Waals surface area contributed by atoms with E-state index in [1.807, 2.05) is 29.2 Å². The summed E-state index contributed by atoms with van der Waals surface area (Å²) >= 11 is 0. The molecule has 2 fully saturated rings. The lowest BCUT2D eigenvalue weighted by atomic mass is 10.2. The smallest absolute Gasteiger partial charge is 0.272 e. The van der Waals surface area contributed by atoms with Crippen LogP contribution in [0.3, 0.4) is 0 Å². The first-order valence-electron chi connectivity index (χ1n) is 9.99. The van der Waals surface area contributed by atoms with Crippen molar-refractivity contribution < 1.29 is 4.79 Å². The summed E-state index contributed by atoms with van der Waals surface area (Å²) in [7, 11) is 0. The molecule has 148 valence electrons. The molecular formula is C20H27N7O. The number of carbonyl (C=O) groups excluding carboxylic acids is 1. The van der Waals surface area contributed by atoms with Crippen LogP contribution in [0.15, 0.2) is 36.8 Å². The van der Waals surface area contributed by atoms with E-state index in [4.69, 9.17) is 0 Å². The Bertz CT molecular complexity index is 784. The second kappa shape index (κ2) is 8.52. The van der Waals surface area contributed by atoms with Crippen LogP contribution in [0.2, 0.25) is 0 Å². The van der Waals surface area contributed by atoms with Crippen LogP contribution in [0.1, 0.15) is 17.4 Å². The van der Waals surface area contributed by atoms with Gasteiger partial charge in [0.2, 0.25) is 0 Å². The molecule has 2 aliphatic rings.